The summed E-state index contributed by atoms with van der Waals surface area (Å²) in [6, 6.07) is 0. The lowest BCUT2D eigenvalue weighted by Crippen LogP contribution is -2.28. The molecular weight excluding hydrogens is 262 g/mol. The van der Waals surface area contributed by atoms with Crippen molar-refractivity contribution in [1.82, 2.24) is 9.97 Å². The van der Waals surface area contributed by atoms with Gasteiger partial charge < -0.3 is 20.1 Å². The highest BCUT2D eigenvalue weighted by Crippen LogP contribution is 2.25. The highest BCUT2D eigenvalue weighted by Gasteiger charge is 2.25. The van der Waals surface area contributed by atoms with Gasteiger partial charge in [0.25, 0.3) is 5.56 Å². The Morgan fingerprint density at radius 3 is 2.70 bits per heavy atom. The van der Waals surface area contributed by atoms with Crippen molar-refractivity contribution in [3.8, 4) is 5.75 Å². The number of aromatic amines is 1. The average Bonchev–Trinajstić information content (AvgIpc) is 2.32. The molecule has 3 N–H and O–H groups in total. The van der Waals surface area contributed by atoms with E-state index in [-0.39, 0.29) is 23.5 Å². The Balaban J connectivity index is 2.81. The fourth-order valence-electron chi connectivity index (χ4n) is 1.91. The second kappa shape index (κ2) is 6.40. The summed E-state index contributed by atoms with van der Waals surface area (Å²) in [7, 11) is 1.36. The van der Waals surface area contributed by atoms with Crippen LogP contribution in [0.5, 0.6) is 5.75 Å². The Labute approximate surface area is 117 Å². The number of carboxylic acid groups (broad SMARTS) is 1. The molecule has 0 bridgehead atoms. The van der Waals surface area contributed by atoms with Gasteiger partial charge in [0.1, 0.15) is 0 Å². The van der Waals surface area contributed by atoms with Crippen molar-refractivity contribution in [3.63, 3.8) is 0 Å². The largest absolute Gasteiger partial charge is 0.489 e. The van der Waals surface area contributed by atoms with Gasteiger partial charge in [0, 0.05) is 6.54 Å². The molecule has 0 fully saturated rings. The number of ether oxygens (including phenoxy) is 1. The van der Waals surface area contributed by atoms with E-state index in [4.69, 9.17) is 4.74 Å². The first kappa shape index (κ1) is 16.0. The number of methoxy groups -OCH3 is 1. The molecule has 1 aromatic heterocycles. The molecule has 0 saturated heterocycles. The quantitative estimate of drug-likeness (QED) is 0.727. The molecule has 0 saturated carbocycles. The van der Waals surface area contributed by atoms with Gasteiger partial charge in [0.15, 0.2) is 5.82 Å². The molecule has 112 valence electrons. The molecule has 1 rings (SSSR count). The number of nitrogens with zero attached hydrogens (tertiary/aromatic N) is 1. The summed E-state index contributed by atoms with van der Waals surface area (Å²) in [4.78, 5) is 29.1. The lowest BCUT2D eigenvalue weighted by Gasteiger charge is -2.23. The van der Waals surface area contributed by atoms with E-state index in [9.17, 15) is 14.7 Å². The van der Waals surface area contributed by atoms with Crippen molar-refractivity contribution in [2.24, 2.45) is 11.3 Å². The first-order valence-corrected chi connectivity index (χ1v) is 6.33. The summed E-state index contributed by atoms with van der Waals surface area (Å²) in [6.07, 6.45) is 1.76. The molecule has 1 aromatic rings. The van der Waals surface area contributed by atoms with Crippen LogP contribution in [0.1, 0.15) is 27.2 Å². The van der Waals surface area contributed by atoms with E-state index >= 15 is 0 Å². The van der Waals surface area contributed by atoms with Crippen LogP contribution >= 0.6 is 0 Å². The summed E-state index contributed by atoms with van der Waals surface area (Å²) in [5.74, 6) is -1.15. The molecule has 0 aromatic carbocycles. The van der Waals surface area contributed by atoms with Crippen LogP contribution in [-0.4, -0.2) is 34.7 Å². The molecule has 7 nitrogen and oxygen atoms in total. The molecule has 1 unspecified atom stereocenters. The van der Waals surface area contributed by atoms with Crippen LogP contribution in [0.2, 0.25) is 0 Å². The predicted octanol–water partition coefficient (Wildman–Crippen LogP) is 1.33. The van der Waals surface area contributed by atoms with Crippen LogP contribution in [0.25, 0.3) is 0 Å². The summed E-state index contributed by atoms with van der Waals surface area (Å²) in [6.45, 7) is 6.12. The standard InChI is InChI=1S/C13H21N3O4/c1-13(2,3)5-8(12(18)19)6-14-10-9(20-4)11(17)16-7-15-10/h7-8H,5-6H2,1-4H3,(H,18,19)(H2,14,15,16,17). The van der Waals surface area contributed by atoms with E-state index in [2.05, 4.69) is 15.3 Å². The second-order valence-electron chi connectivity index (χ2n) is 5.79. The number of nitrogens with one attached hydrogen (secondary N) is 2. The van der Waals surface area contributed by atoms with Gasteiger partial charge in [-0.15, -0.1) is 0 Å². The number of hydrogen-bond donors (Lipinski definition) is 3. The summed E-state index contributed by atoms with van der Waals surface area (Å²) < 4.78 is 4.95. The minimum atomic E-state index is -0.878. The normalized spacial score (nSPS) is 12.8. The van der Waals surface area contributed by atoms with Crippen molar-refractivity contribution in [2.45, 2.75) is 27.2 Å². The number of carboxylic acids is 1. The van der Waals surface area contributed by atoms with Gasteiger partial charge >= 0.3 is 5.97 Å². The number of hydrogen-bond acceptors (Lipinski definition) is 5. The molecule has 0 radical (unpaired) electrons. The molecule has 1 heterocycles. The predicted molar refractivity (Wildman–Crippen MR) is 75.1 cm³/mol. The van der Waals surface area contributed by atoms with E-state index < -0.39 is 17.4 Å². The number of aromatic nitrogens is 2. The van der Waals surface area contributed by atoms with Crippen LogP contribution < -0.4 is 15.6 Å². The fraction of sp³-hybridized carbons (Fsp3) is 0.615. The first-order valence-electron chi connectivity index (χ1n) is 6.33. The van der Waals surface area contributed by atoms with E-state index in [1.54, 1.807) is 0 Å². The minimum Gasteiger partial charge on any atom is -0.489 e. The van der Waals surface area contributed by atoms with E-state index in [1.165, 1.54) is 13.4 Å². The maximum absolute atomic E-state index is 11.5. The Morgan fingerprint density at radius 2 is 2.20 bits per heavy atom. The van der Waals surface area contributed by atoms with Gasteiger partial charge in [-0.1, -0.05) is 20.8 Å². The van der Waals surface area contributed by atoms with E-state index in [0.29, 0.717) is 6.42 Å². The zero-order valence-electron chi connectivity index (χ0n) is 12.2. The smallest absolute Gasteiger partial charge is 0.308 e. The molecule has 0 amide bonds. The topological polar surface area (TPSA) is 104 Å². The number of anilines is 1. The fourth-order valence-corrected chi connectivity index (χ4v) is 1.91. The van der Waals surface area contributed by atoms with Crippen LogP contribution in [0, 0.1) is 11.3 Å². The number of H-pyrrole nitrogens is 1. The lowest BCUT2D eigenvalue weighted by atomic mass is 9.84. The first-order chi connectivity index (χ1) is 9.24. The van der Waals surface area contributed by atoms with E-state index in [1.807, 2.05) is 20.8 Å². The van der Waals surface area contributed by atoms with Crippen molar-refractivity contribution in [2.75, 3.05) is 19.0 Å². The van der Waals surface area contributed by atoms with Crippen molar-refractivity contribution < 1.29 is 14.6 Å². The maximum Gasteiger partial charge on any atom is 0.308 e. The monoisotopic (exact) mass is 283 g/mol. The molecule has 1 atom stereocenters. The Hall–Kier alpha value is -2.05. The van der Waals surface area contributed by atoms with Gasteiger partial charge in [-0.2, -0.15) is 0 Å². The van der Waals surface area contributed by atoms with Crippen molar-refractivity contribution in [1.29, 1.82) is 0 Å². The van der Waals surface area contributed by atoms with Crippen LogP contribution in [-0.2, 0) is 4.79 Å². The average molecular weight is 283 g/mol. The zero-order chi connectivity index (χ0) is 15.3. The van der Waals surface area contributed by atoms with Gasteiger partial charge in [0.05, 0.1) is 19.4 Å². The summed E-state index contributed by atoms with van der Waals surface area (Å²) in [5.41, 5.74) is -0.510. The van der Waals surface area contributed by atoms with Gasteiger partial charge in [-0.3, -0.25) is 9.59 Å². The SMILES string of the molecule is COc1c(NCC(CC(C)(C)C)C(=O)O)nc[nH]c1=O. The highest BCUT2D eigenvalue weighted by atomic mass is 16.5. The maximum atomic E-state index is 11.5. The molecule has 20 heavy (non-hydrogen) atoms. The lowest BCUT2D eigenvalue weighted by molar-refractivity contribution is -0.142. The summed E-state index contributed by atoms with van der Waals surface area (Å²) in [5, 5.41) is 12.1. The van der Waals surface area contributed by atoms with Crippen LogP contribution in [0.15, 0.2) is 11.1 Å². The van der Waals surface area contributed by atoms with Crippen molar-refractivity contribution in [3.05, 3.63) is 16.7 Å². The highest BCUT2D eigenvalue weighted by molar-refractivity contribution is 5.71. The van der Waals surface area contributed by atoms with Crippen LogP contribution in [0.4, 0.5) is 5.82 Å². The number of carbonyl (C=O) groups is 1. The third kappa shape index (κ3) is 4.56. The number of rotatable bonds is 6. The molecular formula is C13H21N3O4. The third-order valence-electron chi connectivity index (χ3n) is 2.74. The molecule has 0 spiro atoms. The van der Waals surface area contributed by atoms with E-state index in [0.717, 1.165) is 0 Å². The molecule has 7 heteroatoms. The molecule has 0 aliphatic carbocycles. The van der Waals surface area contributed by atoms with Crippen LogP contribution in [0.3, 0.4) is 0 Å². The summed E-state index contributed by atoms with van der Waals surface area (Å²) >= 11 is 0. The Kier molecular flexibility index (Phi) is 5.12. The Morgan fingerprint density at radius 1 is 1.55 bits per heavy atom. The van der Waals surface area contributed by atoms with Crippen molar-refractivity contribution >= 4 is 11.8 Å². The molecule has 0 aliphatic rings. The number of aliphatic carboxylic acids is 1. The van der Waals surface area contributed by atoms with Gasteiger partial charge in [-0.25, -0.2) is 4.98 Å². The Bertz CT molecular complexity index is 519. The zero-order valence-corrected chi connectivity index (χ0v) is 12.2. The molecule has 0 aliphatic heterocycles. The van der Waals surface area contributed by atoms with Gasteiger partial charge in [-0.05, 0) is 11.8 Å². The second-order valence-corrected chi connectivity index (χ2v) is 5.79. The third-order valence-corrected chi connectivity index (χ3v) is 2.74. The van der Waals surface area contributed by atoms with Gasteiger partial charge in [0.2, 0.25) is 5.75 Å². The minimum absolute atomic E-state index is 0.0485.